The van der Waals surface area contributed by atoms with E-state index < -0.39 is 0 Å². The standard InChI is InChI=1S/C25H30N6O3S/c32-22(28-21-8-4-3-7-20(21)24(34)26-18-5-1-2-6-18)17-30-11-9-29(10-12-30)16-19-15-23(33)31-13-14-35-25(31)27-19/h3-4,7-8,13-15,18H,1-2,5-6,9-12,16-17H2,(H,26,34)(H,28,32). The molecule has 184 valence electrons. The summed E-state index contributed by atoms with van der Waals surface area (Å²) in [5, 5.41) is 7.89. The summed E-state index contributed by atoms with van der Waals surface area (Å²) >= 11 is 1.45. The van der Waals surface area contributed by atoms with Crippen LogP contribution in [-0.4, -0.2) is 69.8 Å². The molecule has 1 aliphatic heterocycles. The first-order chi connectivity index (χ1) is 17.0. The summed E-state index contributed by atoms with van der Waals surface area (Å²) < 4.78 is 1.56. The Morgan fingerprint density at radius 1 is 1.06 bits per heavy atom. The Morgan fingerprint density at radius 3 is 2.60 bits per heavy atom. The lowest BCUT2D eigenvalue weighted by Crippen LogP contribution is -2.48. The van der Waals surface area contributed by atoms with Gasteiger partial charge in [0.1, 0.15) is 0 Å². The minimum Gasteiger partial charge on any atom is -0.349 e. The fraction of sp³-hybridized carbons (Fsp3) is 0.440. The molecule has 1 saturated carbocycles. The third-order valence-electron chi connectivity index (χ3n) is 6.71. The molecule has 0 unspecified atom stereocenters. The largest absolute Gasteiger partial charge is 0.349 e. The lowest BCUT2D eigenvalue weighted by atomic mass is 10.1. The highest BCUT2D eigenvalue weighted by Gasteiger charge is 2.22. The number of amides is 2. The summed E-state index contributed by atoms with van der Waals surface area (Å²) in [5.74, 6) is -0.257. The van der Waals surface area contributed by atoms with Crippen LogP contribution in [0.5, 0.6) is 0 Å². The molecule has 3 heterocycles. The van der Waals surface area contributed by atoms with Crippen molar-refractivity contribution in [3.63, 3.8) is 0 Å². The van der Waals surface area contributed by atoms with E-state index in [0.29, 0.717) is 22.8 Å². The van der Waals surface area contributed by atoms with Crippen molar-refractivity contribution in [1.82, 2.24) is 24.5 Å². The van der Waals surface area contributed by atoms with E-state index in [1.165, 1.54) is 11.3 Å². The zero-order chi connectivity index (χ0) is 24.2. The number of benzene rings is 1. The summed E-state index contributed by atoms with van der Waals surface area (Å²) in [6, 6.07) is 9.00. The maximum atomic E-state index is 12.8. The topological polar surface area (TPSA) is 99.1 Å². The molecule has 1 aliphatic carbocycles. The van der Waals surface area contributed by atoms with E-state index in [2.05, 4.69) is 25.4 Å². The van der Waals surface area contributed by atoms with E-state index in [4.69, 9.17) is 0 Å². The number of aromatic nitrogens is 2. The smallest absolute Gasteiger partial charge is 0.258 e. The van der Waals surface area contributed by atoms with Crippen LogP contribution in [0.25, 0.3) is 4.96 Å². The van der Waals surface area contributed by atoms with E-state index >= 15 is 0 Å². The minimum atomic E-state index is -0.129. The molecule has 1 aromatic carbocycles. The van der Waals surface area contributed by atoms with Crippen molar-refractivity contribution in [3.8, 4) is 0 Å². The van der Waals surface area contributed by atoms with Gasteiger partial charge in [-0.15, -0.1) is 11.3 Å². The van der Waals surface area contributed by atoms with Crippen LogP contribution in [0, 0.1) is 0 Å². The number of piperazine rings is 1. The van der Waals surface area contributed by atoms with Crippen LogP contribution in [0.15, 0.2) is 46.7 Å². The van der Waals surface area contributed by atoms with Gasteiger partial charge < -0.3 is 10.6 Å². The zero-order valence-electron chi connectivity index (χ0n) is 19.6. The SMILES string of the molecule is O=C(CN1CCN(Cc2cc(=O)n3ccsc3n2)CC1)Nc1ccccc1C(=O)NC1CCCC1. The maximum Gasteiger partial charge on any atom is 0.258 e. The predicted octanol–water partition coefficient (Wildman–Crippen LogP) is 2.18. The van der Waals surface area contributed by atoms with Crippen LogP contribution in [0.3, 0.4) is 0 Å². The molecule has 10 heteroatoms. The Bertz CT molecular complexity index is 1260. The number of carbonyl (C=O) groups excluding carboxylic acids is 2. The van der Waals surface area contributed by atoms with Gasteiger partial charge >= 0.3 is 0 Å². The third-order valence-corrected chi connectivity index (χ3v) is 7.47. The normalized spacial score (nSPS) is 17.6. The van der Waals surface area contributed by atoms with Gasteiger partial charge in [-0.1, -0.05) is 25.0 Å². The van der Waals surface area contributed by atoms with E-state index in [9.17, 15) is 14.4 Å². The molecule has 2 N–H and O–H groups in total. The van der Waals surface area contributed by atoms with Gasteiger partial charge in [-0.2, -0.15) is 0 Å². The highest BCUT2D eigenvalue weighted by atomic mass is 32.1. The summed E-state index contributed by atoms with van der Waals surface area (Å²) in [5.41, 5.74) is 1.77. The number of nitrogens with zero attached hydrogens (tertiary/aromatic N) is 4. The average Bonchev–Trinajstić information content (AvgIpc) is 3.53. The molecule has 3 aromatic rings. The summed E-state index contributed by atoms with van der Waals surface area (Å²) in [6.45, 7) is 3.97. The summed E-state index contributed by atoms with van der Waals surface area (Å²) in [4.78, 5) is 47.4. The monoisotopic (exact) mass is 494 g/mol. The number of rotatable bonds is 7. The minimum absolute atomic E-state index is 0.0567. The molecule has 1 saturated heterocycles. The Balaban J connectivity index is 1.12. The Kier molecular flexibility index (Phi) is 7.21. The maximum absolute atomic E-state index is 12.8. The number of hydrogen-bond donors (Lipinski definition) is 2. The molecule has 0 radical (unpaired) electrons. The summed E-state index contributed by atoms with van der Waals surface area (Å²) in [7, 11) is 0. The number of hydrogen-bond acceptors (Lipinski definition) is 7. The number of thiazole rings is 1. The molecule has 5 rings (SSSR count). The highest BCUT2D eigenvalue weighted by molar-refractivity contribution is 7.15. The molecule has 0 spiro atoms. The molecular weight excluding hydrogens is 464 g/mol. The first-order valence-corrected chi connectivity index (χ1v) is 13.0. The predicted molar refractivity (Wildman–Crippen MR) is 136 cm³/mol. The van der Waals surface area contributed by atoms with Crippen LogP contribution in [0.1, 0.15) is 41.7 Å². The van der Waals surface area contributed by atoms with Crippen molar-refractivity contribution < 1.29 is 9.59 Å². The quantitative estimate of drug-likeness (QED) is 0.523. The van der Waals surface area contributed by atoms with Gasteiger partial charge in [0.25, 0.3) is 11.5 Å². The van der Waals surface area contributed by atoms with Crippen molar-refractivity contribution in [1.29, 1.82) is 0 Å². The molecule has 2 aliphatic rings. The van der Waals surface area contributed by atoms with Crippen LogP contribution < -0.4 is 16.2 Å². The van der Waals surface area contributed by atoms with Gasteiger partial charge in [-0.25, -0.2) is 4.98 Å². The molecule has 2 amide bonds. The van der Waals surface area contributed by atoms with E-state index in [1.807, 2.05) is 17.5 Å². The Morgan fingerprint density at radius 2 is 1.80 bits per heavy atom. The van der Waals surface area contributed by atoms with Crippen LogP contribution >= 0.6 is 11.3 Å². The van der Waals surface area contributed by atoms with E-state index in [0.717, 1.165) is 57.6 Å². The average molecular weight is 495 g/mol. The van der Waals surface area contributed by atoms with Gasteiger partial charge in [0, 0.05) is 56.4 Å². The molecule has 35 heavy (non-hydrogen) atoms. The van der Waals surface area contributed by atoms with E-state index in [1.54, 1.807) is 28.8 Å². The fourth-order valence-electron chi connectivity index (χ4n) is 4.82. The van der Waals surface area contributed by atoms with Gasteiger partial charge in [0.05, 0.1) is 23.5 Å². The van der Waals surface area contributed by atoms with Crippen molar-refractivity contribution in [2.75, 3.05) is 38.0 Å². The number of fused-ring (bicyclic) bond motifs is 1. The molecule has 0 atom stereocenters. The summed E-state index contributed by atoms with van der Waals surface area (Å²) in [6.07, 6.45) is 6.07. The zero-order valence-corrected chi connectivity index (χ0v) is 20.4. The first kappa shape index (κ1) is 23.7. The van der Waals surface area contributed by atoms with Crippen molar-refractivity contribution in [2.45, 2.75) is 38.3 Å². The highest BCUT2D eigenvalue weighted by Crippen LogP contribution is 2.20. The van der Waals surface area contributed by atoms with Gasteiger partial charge in [0.15, 0.2) is 4.96 Å². The molecule has 0 bridgehead atoms. The van der Waals surface area contributed by atoms with Crippen LogP contribution in [0.2, 0.25) is 0 Å². The van der Waals surface area contributed by atoms with Crippen LogP contribution in [-0.2, 0) is 11.3 Å². The van der Waals surface area contributed by atoms with E-state index in [-0.39, 0.29) is 30.0 Å². The lowest BCUT2D eigenvalue weighted by Gasteiger charge is -2.34. The number of nitrogens with one attached hydrogen (secondary N) is 2. The van der Waals surface area contributed by atoms with Crippen molar-refractivity contribution >= 4 is 33.8 Å². The van der Waals surface area contributed by atoms with Crippen molar-refractivity contribution in [3.05, 3.63) is 63.5 Å². The fourth-order valence-corrected chi connectivity index (χ4v) is 5.56. The second kappa shape index (κ2) is 10.7. The van der Waals surface area contributed by atoms with Gasteiger partial charge in [-0.3, -0.25) is 28.6 Å². The first-order valence-electron chi connectivity index (χ1n) is 12.2. The van der Waals surface area contributed by atoms with Crippen LogP contribution in [0.4, 0.5) is 5.69 Å². The molecule has 2 aromatic heterocycles. The number of carbonyl (C=O) groups is 2. The molecule has 2 fully saturated rings. The molecule has 9 nitrogen and oxygen atoms in total. The second-order valence-electron chi connectivity index (χ2n) is 9.24. The second-order valence-corrected chi connectivity index (χ2v) is 10.1. The van der Waals surface area contributed by atoms with Gasteiger partial charge in [0.2, 0.25) is 5.91 Å². The third kappa shape index (κ3) is 5.77. The Labute approximate surface area is 207 Å². The number of para-hydroxylation sites is 1. The molecular formula is C25H30N6O3S. The van der Waals surface area contributed by atoms with Crippen molar-refractivity contribution in [2.24, 2.45) is 0 Å². The Hall–Kier alpha value is -3.08. The lowest BCUT2D eigenvalue weighted by molar-refractivity contribution is -0.117. The number of anilines is 1. The van der Waals surface area contributed by atoms with Gasteiger partial charge in [-0.05, 0) is 25.0 Å².